The molecule has 0 aromatic heterocycles. The van der Waals surface area contributed by atoms with Gasteiger partial charge in [-0.05, 0) is 92.3 Å². The van der Waals surface area contributed by atoms with E-state index in [9.17, 15) is 0 Å². The summed E-state index contributed by atoms with van der Waals surface area (Å²) in [6.07, 6.45) is 0. The number of benzene rings is 8. The normalized spacial score (nSPS) is 21.2. The van der Waals surface area contributed by atoms with Crippen LogP contribution in [0.2, 0.25) is 0 Å². The molecule has 0 N–H and O–H groups in total. The summed E-state index contributed by atoms with van der Waals surface area (Å²) >= 11 is 0. The van der Waals surface area contributed by atoms with Crippen molar-refractivity contribution in [3.63, 3.8) is 0 Å². The fraction of sp³-hybridized carbons (Fsp3) is 0.111. The van der Waals surface area contributed by atoms with Gasteiger partial charge in [-0.3, -0.25) is 9.59 Å². The van der Waals surface area contributed by atoms with Crippen LogP contribution >= 0.6 is 0 Å². The van der Waals surface area contributed by atoms with E-state index in [4.69, 9.17) is 9.47 Å². The van der Waals surface area contributed by atoms with Crippen molar-refractivity contribution in [3.8, 4) is 23.0 Å². The molecular weight excluding hydrogens is 713 g/mol. The molecule has 2 bridgehead atoms. The molecule has 0 radical (unpaired) electrons. The van der Waals surface area contributed by atoms with Crippen molar-refractivity contribution in [2.75, 3.05) is 0 Å². The zero-order chi connectivity index (χ0) is 38.2. The van der Waals surface area contributed by atoms with Crippen molar-refractivity contribution in [1.29, 1.82) is 0 Å². The number of Topliss-reactive ketones (excluding diaryl/α,β-unsaturated/α-hetero) is 2. The Kier molecular flexibility index (Phi) is 6.50. The number of rotatable bonds is 2. The van der Waals surface area contributed by atoms with E-state index in [1.165, 1.54) is 0 Å². The van der Waals surface area contributed by atoms with Crippen LogP contribution in [0.15, 0.2) is 181 Å². The molecular formula is C54H34O4. The molecule has 4 aliphatic carbocycles. The number of hydrogen-bond donors (Lipinski definition) is 0. The third-order valence-electron chi connectivity index (χ3n) is 13.7. The first-order chi connectivity index (χ1) is 28.6. The maximum absolute atomic E-state index is 16.6. The van der Waals surface area contributed by atoms with E-state index in [0.29, 0.717) is 11.1 Å². The van der Waals surface area contributed by atoms with Crippen LogP contribution in [0.1, 0.15) is 68.2 Å². The molecule has 4 nitrogen and oxygen atoms in total. The molecule has 0 saturated carbocycles. The largest absolute Gasteiger partial charge is 0.457 e. The Morgan fingerprint density at radius 1 is 0.310 bits per heavy atom. The zero-order valence-electron chi connectivity index (χ0n) is 31.3. The lowest BCUT2D eigenvalue weighted by molar-refractivity contribution is -0.132. The SMILES string of the molecule is O=C1C2=C(C(=O)C(C3c4ccccc4Oc4ccccc43)C1C1c3ccccc3Oc3ccccc31)C1c3cc4ccccc4cc3C2c2cc3ccccc3cc21. The Morgan fingerprint density at radius 2 is 0.569 bits per heavy atom. The smallest absolute Gasteiger partial charge is 0.165 e. The predicted molar refractivity (Wildman–Crippen MR) is 225 cm³/mol. The summed E-state index contributed by atoms with van der Waals surface area (Å²) < 4.78 is 13.1. The number of fused-ring (bicyclic) bond motifs is 6. The summed E-state index contributed by atoms with van der Waals surface area (Å²) in [5.74, 6) is -0.172. The summed E-state index contributed by atoms with van der Waals surface area (Å²) in [6.45, 7) is 0. The fourth-order valence-corrected chi connectivity index (χ4v) is 11.4. The van der Waals surface area contributed by atoms with E-state index in [-0.39, 0.29) is 11.6 Å². The van der Waals surface area contributed by atoms with Crippen LogP contribution in [0.5, 0.6) is 23.0 Å². The lowest BCUT2D eigenvalue weighted by Crippen LogP contribution is -2.49. The third-order valence-corrected chi connectivity index (χ3v) is 13.7. The number of hydrogen-bond acceptors (Lipinski definition) is 4. The fourth-order valence-electron chi connectivity index (χ4n) is 11.4. The Hall–Kier alpha value is -7.04. The van der Waals surface area contributed by atoms with Crippen molar-refractivity contribution in [2.45, 2.75) is 23.7 Å². The second kappa shape index (κ2) is 11.7. The monoisotopic (exact) mass is 746 g/mol. The van der Waals surface area contributed by atoms with Gasteiger partial charge in [0.15, 0.2) is 11.6 Å². The second-order valence-corrected chi connectivity index (χ2v) is 16.4. The van der Waals surface area contributed by atoms with Gasteiger partial charge in [0, 0.05) is 68.9 Å². The maximum atomic E-state index is 16.6. The van der Waals surface area contributed by atoms with Gasteiger partial charge in [-0.25, -0.2) is 0 Å². The summed E-state index contributed by atoms with van der Waals surface area (Å²) in [6, 6.07) is 58.2. The number of allylic oxidation sites excluding steroid dienone is 2. The zero-order valence-corrected chi connectivity index (χ0v) is 31.3. The average molecular weight is 747 g/mol. The first kappa shape index (κ1) is 32.1. The summed E-state index contributed by atoms with van der Waals surface area (Å²) in [7, 11) is 0. The first-order valence-electron chi connectivity index (χ1n) is 20.2. The van der Waals surface area contributed by atoms with Gasteiger partial charge in [-0.15, -0.1) is 0 Å². The lowest BCUT2D eigenvalue weighted by Gasteiger charge is -2.50. The van der Waals surface area contributed by atoms with Crippen molar-refractivity contribution in [3.05, 3.63) is 226 Å². The number of carbonyl (C=O) groups excluding carboxylic acids is 2. The molecule has 2 atom stereocenters. The first-order valence-corrected chi connectivity index (χ1v) is 20.2. The van der Waals surface area contributed by atoms with Gasteiger partial charge < -0.3 is 9.47 Å². The molecule has 0 amide bonds. The highest BCUT2D eigenvalue weighted by Crippen LogP contribution is 2.64. The van der Waals surface area contributed by atoms with E-state index >= 15 is 9.59 Å². The summed E-state index contributed by atoms with van der Waals surface area (Å²) in [5.41, 5.74) is 9.52. The molecule has 0 spiro atoms. The van der Waals surface area contributed by atoms with Crippen LogP contribution in [0.3, 0.4) is 0 Å². The van der Waals surface area contributed by atoms with Crippen LogP contribution in [0.4, 0.5) is 0 Å². The van der Waals surface area contributed by atoms with Gasteiger partial charge in [0.05, 0.1) is 0 Å². The lowest BCUT2D eigenvalue weighted by atomic mass is 9.50. The summed E-state index contributed by atoms with van der Waals surface area (Å²) in [4.78, 5) is 33.1. The van der Waals surface area contributed by atoms with Gasteiger partial charge in [-0.1, -0.05) is 121 Å². The van der Waals surface area contributed by atoms with Crippen LogP contribution in [-0.4, -0.2) is 11.6 Å². The Bertz CT molecular complexity index is 2780. The van der Waals surface area contributed by atoms with Crippen molar-refractivity contribution >= 4 is 33.1 Å². The van der Waals surface area contributed by atoms with Crippen LogP contribution in [0.25, 0.3) is 21.5 Å². The van der Waals surface area contributed by atoms with E-state index in [1.807, 2.05) is 72.8 Å². The number of ether oxygens (including phenoxy) is 2. The number of carbonyl (C=O) groups is 2. The van der Waals surface area contributed by atoms with Crippen molar-refractivity contribution < 1.29 is 19.1 Å². The molecule has 58 heavy (non-hydrogen) atoms. The van der Waals surface area contributed by atoms with Crippen molar-refractivity contribution in [2.24, 2.45) is 11.8 Å². The summed E-state index contributed by atoms with van der Waals surface area (Å²) in [5, 5.41) is 4.52. The molecule has 2 aliphatic heterocycles. The highest BCUT2D eigenvalue weighted by molar-refractivity contribution is 6.19. The molecule has 4 heteroatoms. The molecule has 2 unspecified atom stereocenters. The van der Waals surface area contributed by atoms with E-state index in [2.05, 4.69) is 97.1 Å². The molecule has 14 rings (SSSR count). The minimum Gasteiger partial charge on any atom is -0.457 e. The minimum absolute atomic E-state index is 0.0465. The second-order valence-electron chi connectivity index (χ2n) is 16.4. The van der Waals surface area contributed by atoms with E-state index < -0.39 is 35.5 Å². The molecule has 2 heterocycles. The predicted octanol–water partition coefficient (Wildman–Crippen LogP) is 12.1. The molecule has 6 aliphatic rings. The number of para-hydroxylation sites is 4. The maximum Gasteiger partial charge on any atom is 0.165 e. The standard InChI is InChI=1S/C54H34O4/c55-53-49(45-33-17-5-9-21-41(33)57-42-22-10-6-18-34(42)45)50(46-35-19-7-11-23-43(35)58-44-24-12-8-20-36(44)46)54(56)52-48-38-26-30-14-2-1-13-29(30)25-37(38)47(51(52)53)39-27-31-15-3-4-16-32(31)28-40(39)48/h1-28,45-50H. The Labute approximate surface area is 335 Å². The Balaban J connectivity index is 1.13. The van der Waals surface area contributed by atoms with Gasteiger partial charge in [0.25, 0.3) is 0 Å². The van der Waals surface area contributed by atoms with Gasteiger partial charge in [0.1, 0.15) is 23.0 Å². The van der Waals surface area contributed by atoms with Crippen molar-refractivity contribution in [1.82, 2.24) is 0 Å². The topological polar surface area (TPSA) is 52.6 Å². The van der Waals surface area contributed by atoms with E-state index in [0.717, 1.165) is 89.1 Å². The Morgan fingerprint density at radius 3 is 0.862 bits per heavy atom. The highest BCUT2D eigenvalue weighted by Gasteiger charge is 2.59. The van der Waals surface area contributed by atoms with Gasteiger partial charge in [0.2, 0.25) is 0 Å². The molecule has 8 aromatic rings. The van der Waals surface area contributed by atoms with Crippen LogP contribution in [-0.2, 0) is 9.59 Å². The number of ketones is 2. The van der Waals surface area contributed by atoms with E-state index in [1.54, 1.807) is 0 Å². The highest BCUT2D eigenvalue weighted by atomic mass is 16.5. The third kappa shape index (κ3) is 4.24. The minimum atomic E-state index is -0.742. The molecule has 0 saturated heterocycles. The van der Waals surface area contributed by atoms with Crippen LogP contribution in [0, 0.1) is 11.8 Å². The molecule has 0 fully saturated rings. The molecule has 274 valence electrons. The molecule has 8 aromatic carbocycles. The van der Waals surface area contributed by atoms with Crippen LogP contribution < -0.4 is 9.47 Å². The van der Waals surface area contributed by atoms with Gasteiger partial charge in [-0.2, -0.15) is 0 Å². The van der Waals surface area contributed by atoms with Gasteiger partial charge >= 0.3 is 0 Å². The average Bonchev–Trinajstić information content (AvgIpc) is 3.27. The quantitative estimate of drug-likeness (QED) is 0.177.